The highest BCUT2D eigenvalue weighted by molar-refractivity contribution is 5.54. The third kappa shape index (κ3) is 2.99. The second kappa shape index (κ2) is 5.01. The molecule has 1 aliphatic rings. The Hall–Kier alpha value is -1.51. The van der Waals surface area contributed by atoms with E-state index < -0.39 is 0 Å². The molecule has 3 N–H and O–H groups in total. The van der Waals surface area contributed by atoms with Crippen LogP contribution < -0.4 is 11.1 Å². The van der Waals surface area contributed by atoms with Crippen LogP contribution in [0.3, 0.4) is 0 Å². The van der Waals surface area contributed by atoms with Crippen LogP contribution in [0.2, 0.25) is 0 Å². The van der Waals surface area contributed by atoms with Gasteiger partial charge in [0.25, 0.3) is 0 Å². The predicted molar refractivity (Wildman–Crippen MR) is 65.9 cm³/mol. The first-order valence-corrected chi connectivity index (χ1v) is 5.72. The number of anilines is 2. The Morgan fingerprint density at radius 2 is 2.19 bits per heavy atom. The van der Waals surface area contributed by atoms with Crippen molar-refractivity contribution < 1.29 is 4.39 Å². The van der Waals surface area contributed by atoms with Gasteiger partial charge in [-0.2, -0.15) is 0 Å². The van der Waals surface area contributed by atoms with Gasteiger partial charge in [-0.3, -0.25) is 0 Å². The summed E-state index contributed by atoms with van der Waals surface area (Å²) in [6.07, 6.45) is 7.05. The van der Waals surface area contributed by atoms with Crippen LogP contribution in [0.15, 0.2) is 29.8 Å². The Balaban J connectivity index is 1.84. The molecule has 3 heteroatoms. The van der Waals surface area contributed by atoms with Crippen LogP contribution in [0.25, 0.3) is 0 Å². The fourth-order valence-corrected chi connectivity index (χ4v) is 2.05. The molecule has 0 heterocycles. The summed E-state index contributed by atoms with van der Waals surface area (Å²) in [6, 6.07) is 4.55. The van der Waals surface area contributed by atoms with Gasteiger partial charge in [0.15, 0.2) is 0 Å². The molecule has 86 valence electrons. The van der Waals surface area contributed by atoms with Crippen molar-refractivity contribution in [1.29, 1.82) is 0 Å². The first-order chi connectivity index (χ1) is 7.74. The molecule has 0 saturated heterocycles. The molecule has 2 rings (SSSR count). The zero-order valence-electron chi connectivity index (χ0n) is 9.30. The van der Waals surface area contributed by atoms with Crippen molar-refractivity contribution >= 4 is 11.4 Å². The standard InChI is InChI=1S/C13H17FN2/c14-11-7-12(15)9-13(8-11)16-6-5-10-3-1-2-4-10/h3,7-9,16H,1-2,4-6,15H2. The summed E-state index contributed by atoms with van der Waals surface area (Å²) in [4.78, 5) is 0. The molecule has 0 radical (unpaired) electrons. The van der Waals surface area contributed by atoms with Gasteiger partial charge in [0, 0.05) is 17.9 Å². The van der Waals surface area contributed by atoms with Crippen molar-refractivity contribution in [2.75, 3.05) is 17.6 Å². The Bertz CT molecular complexity index is 379. The lowest BCUT2D eigenvalue weighted by Gasteiger charge is -2.08. The lowest BCUT2D eigenvalue weighted by Crippen LogP contribution is -2.03. The molecule has 0 fully saturated rings. The first kappa shape index (κ1) is 11.0. The molecular weight excluding hydrogens is 203 g/mol. The van der Waals surface area contributed by atoms with E-state index in [2.05, 4.69) is 11.4 Å². The summed E-state index contributed by atoms with van der Waals surface area (Å²) < 4.78 is 13.0. The Labute approximate surface area is 95.3 Å². The van der Waals surface area contributed by atoms with E-state index in [4.69, 9.17) is 5.73 Å². The number of hydrogen-bond donors (Lipinski definition) is 2. The van der Waals surface area contributed by atoms with E-state index in [1.165, 1.54) is 37.0 Å². The molecule has 0 aromatic heterocycles. The van der Waals surface area contributed by atoms with E-state index in [9.17, 15) is 4.39 Å². The van der Waals surface area contributed by atoms with E-state index in [1.54, 1.807) is 6.07 Å². The minimum Gasteiger partial charge on any atom is -0.399 e. The molecule has 0 aliphatic heterocycles. The summed E-state index contributed by atoms with van der Waals surface area (Å²) in [5, 5.41) is 3.19. The number of nitrogens with two attached hydrogens (primary N) is 1. The van der Waals surface area contributed by atoms with Crippen LogP contribution in [0.1, 0.15) is 25.7 Å². The first-order valence-electron chi connectivity index (χ1n) is 5.72. The van der Waals surface area contributed by atoms with Gasteiger partial charge in [0.1, 0.15) is 5.82 Å². The predicted octanol–water partition coefficient (Wildman–Crippen LogP) is 3.32. The van der Waals surface area contributed by atoms with Crippen molar-refractivity contribution in [3.8, 4) is 0 Å². The maximum Gasteiger partial charge on any atom is 0.127 e. The number of rotatable bonds is 4. The van der Waals surface area contributed by atoms with Gasteiger partial charge in [-0.15, -0.1) is 0 Å². The summed E-state index contributed by atoms with van der Waals surface area (Å²) >= 11 is 0. The number of allylic oxidation sites excluding steroid dienone is 1. The number of halogens is 1. The van der Waals surface area contributed by atoms with Crippen LogP contribution in [0.5, 0.6) is 0 Å². The van der Waals surface area contributed by atoms with Crippen LogP contribution in [0.4, 0.5) is 15.8 Å². The van der Waals surface area contributed by atoms with Gasteiger partial charge in [-0.25, -0.2) is 4.39 Å². The van der Waals surface area contributed by atoms with E-state index in [0.29, 0.717) is 5.69 Å². The fraction of sp³-hybridized carbons (Fsp3) is 0.385. The highest BCUT2D eigenvalue weighted by Gasteiger charge is 2.04. The fourth-order valence-electron chi connectivity index (χ4n) is 2.05. The second-order valence-electron chi connectivity index (χ2n) is 4.20. The third-order valence-electron chi connectivity index (χ3n) is 2.83. The monoisotopic (exact) mass is 220 g/mol. The van der Waals surface area contributed by atoms with E-state index in [1.807, 2.05) is 0 Å². The molecule has 0 atom stereocenters. The molecule has 16 heavy (non-hydrogen) atoms. The molecule has 1 aliphatic carbocycles. The average Bonchev–Trinajstić information content (AvgIpc) is 2.69. The molecule has 0 amide bonds. The molecule has 2 nitrogen and oxygen atoms in total. The zero-order chi connectivity index (χ0) is 11.4. The number of nitrogens with one attached hydrogen (secondary N) is 1. The number of nitrogen functional groups attached to an aromatic ring is 1. The number of hydrogen-bond acceptors (Lipinski definition) is 2. The van der Waals surface area contributed by atoms with Gasteiger partial charge in [-0.05, 0) is 43.9 Å². The highest BCUT2D eigenvalue weighted by Crippen LogP contribution is 2.21. The SMILES string of the molecule is Nc1cc(F)cc(NCCC2=CCCC2)c1. The van der Waals surface area contributed by atoms with E-state index >= 15 is 0 Å². The lowest BCUT2D eigenvalue weighted by molar-refractivity contribution is 0.629. The van der Waals surface area contributed by atoms with Crippen LogP contribution >= 0.6 is 0 Å². The normalized spacial score (nSPS) is 14.9. The van der Waals surface area contributed by atoms with Crippen molar-refractivity contribution in [3.63, 3.8) is 0 Å². The number of benzene rings is 1. The minimum atomic E-state index is -0.289. The Morgan fingerprint density at radius 1 is 1.31 bits per heavy atom. The topological polar surface area (TPSA) is 38.0 Å². The van der Waals surface area contributed by atoms with Gasteiger partial charge >= 0.3 is 0 Å². The molecule has 1 aromatic rings. The molecule has 0 unspecified atom stereocenters. The van der Waals surface area contributed by atoms with Crippen molar-refractivity contribution in [2.45, 2.75) is 25.7 Å². The highest BCUT2D eigenvalue weighted by atomic mass is 19.1. The Kier molecular flexibility index (Phi) is 3.44. The van der Waals surface area contributed by atoms with Gasteiger partial charge in [0.2, 0.25) is 0 Å². The molecule has 0 saturated carbocycles. The minimum absolute atomic E-state index is 0.289. The molecule has 0 bridgehead atoms. The van der Waals surface area contributed by atoms with E-state index in [0.717, 1.165) is 18.7 Å². The lowest BCUT2D eigenvalue weighted by atomic mass is 10.1. The van der Waals surface area contributed by atoms with E-state index in [-0.39, 0.29) is 5.82 Å². The summed E-state index contributed by atoms with van der Waals surface area (Å²) in [5.41, 5.74) is 8.29. The molecule has 0 spiro atoms. The maximum atomic E-state index is 13.0. The van der Waals surface area contributed by atoms with Gasteiger partial charge in [0.05, 0.1) is 0 Å². The van der Waals surface area contributed by atoms with Gasteiger partial charge < -0.3 is 11.1 Å². The van der Waals surface area contributed by atoms with Crippen molar-refractivity contribution in [2.24, 2.45) is 0 Å². The van der Waals surface area contributed by atoms with Crippen LogP contribution in [-0.2, 0) is 0 Å². The molecular formula is C13H17FN2. The van der Waals surface area contributed by atoms with Gasteiger partial charge in [-0.1, -0.05) is 11.6 Å². The summed E-state index contributed by atoms with van der Waals surface area (Å²) in [6.45, 7) is 0.842. The largest absolute Gasteiger partial charge is 0.399 e. The smallest absolute Gasteiger partial charge is 0.127 e. The maximum absolute atomic E-state index is 13.0. The summed E-state index contributed by atoms with van der Waals surface area (Å²) in [7, 11) is 0. The molecule has 1 aromatic carbocycles. The van der Waals surface area contributed by atoms with Crippen molar-refractivity contribution in [3.05, 3.63) is 35.7 Å². The third-order valence-corrected chi connectivity index (χ3v) is 2.83. The quantitative estimate of drug-likeness (QED) is 0.603. The van der Waals surface area contributed by atoms with Crippen LogP contribution in [0, 0.1) is 5.82 Å². The second-order valence-corrected chi connectivity index (χ2v) is 4.20. The van der Waals surface area contributed by atoms with Crippen LogP contribution in [-0.4, -0.2) is 6.54 Å². The summed E-state index contributed by atoms with van der Waals surface area (Å²) in [5.74, 6) is -0.289. The zero-order valence-corrected chi connectivity index (χ0v) is 9.30. The average molecular weight is 220 g/mol. The van der Waals surface area contributed by atoms with Crippen molar-refractivity contribution in [1.82, 2.24) is 0 Å². The Morgan fingerprint density at radius 3 is 2.88 bits per heavy atom.